The number of benzene rings is 1. The molecule has 1 aromatic carbocycles. The van der Waals surface area contributed by atoms with Crippen LogP contribution < -0.4 is 10.6 Å². The Hall–Kier alpha value is -3.62. The van der Waals surface area contributed by atoms with E-state index < -0.39 is 17.8 Å². The molecule has 1 aliphatic carbocycles. The second kappa shape index (κ2) is 13.0. The Morgan fingerprint density at radius 3 is 2.31 bits per heavy atom. The fraction of sp³-hybridized carbons (Fsp3) is 0.483. The topological polar surface area (TPSA) is 117 Å². The van der Waals surface area contributed by atoms with Crippen LogP contribution in [0.3, 0.4) is 0 Å². The van der Waals surface area contributed by atoms with Crippen molar-refractivity contribution >= 4 is 47.4 Å². The fourth-order valence-electron chi connectivity index (χ4n) is 5.77. The number of nitrogens with one attached hydrogen (secondary N) is 2. The van der Waals surface area contributed by atoms with Gasteiger partial charge in [-0.15, -0.1) is 12.4 Å². The number of carbonyl (C=O) groups excluding carboxylic acids is 3. The van der Waals surface area contributed by atoms with E-state index in [4.69, 9.17) is 11.6 Å². The molecule has 0 spiro atoms. The molecule has 6 rings (SSSR count). The molecule has 2 saturated heterocycles. The molecule has 0 radical (unpaired) electrons. The van der Waals surface area contributed by atoms with Crippen molar-refractivity contribution in [2.45, 2.75) is 37.9 Å². The third-order valence-electron chi connectivity index (χ3n) is 8.41. The first-order valence-corrected chi connectivity index (χ1v) is 15.0. The van der Waals surface area contributed by atoms with Gasteiger partial charge in [0.15, 0.2) is 11.5 Å². The number of hydrogen-bond donors (Lipinski definition) is 2. The lowest BCUT2D eigenvalue weighted by atomic mass is 9.96. The molecule has 45 heavy (non-hydrogen) atoms. The van der Waals surface area contributed by atoms with Crippen molar-refractivity contribution in [3.63, 3.8) is 0 Å². The van der Waals surface area contributed by atoms with Gasteiger partial charge >= 0.3 is 6.18 Å². The van der Waals surface area contributed by atoms with Crippen molar-refractivity contribution in [3.05, 3.63) is 52.7 Å². The second-order valence-corrected chi connectivity index (χ2v) is 11.8. The second-order valence-electron chi connectivity index (χ2n) is 11.4. The molecule has 242 valence electrons. The van der Waals surface area contributed by atoms with Gasteiger partial charge in [-0.1, -0.05) is 11.6 Å². The first-order valence-electron chi connectivity index (χ1n) is 14.6. The number of nitrogens with zero attached hydrogens (tertiary/aromatic N) is 6. The minimum absolute atomic E-state index is 0. The Morgan fingerprint density at radius 2 is 1.69 bits per heavy atom. The van der Waals surface area contributed by atoms with Crippen LogP contribution in [0.25, 0.3) is 11.3 Å². The molecular formula is C29H33Cl2F3N8O3. The number of rotatable bonds is 6. The van der Waals surface area contributed by atoms with E-state index in [2.05, 4.69) is 20.7 Å². The third-order valence-corrected chi connectivity index (χ3v) is 8.73. The number of anilines is 1. The Bertz CT molecular complexity index is 1590. The van der Waals surface area contributed by atoms with Gasteiger partial charge in [-0.05, 0) is 57.0 Å². The molecule has 0 atom stereocenters. The first-order chi connectivity index (χ1) is 21.0. The molecule has 1 saturated carbocycles. The predicted octanol–water partition coefficient (Wildman–Crippen LogP) is 4.25. The molecule has 3 aromatic rings. The third kappa shape index (κ3) is 6.82. The zero-order valence-electron chi connectivity index (χ0n) is 24.4. The maximum absolute atomic E-state index is 13.7. The molecule has 3 amide bonds. The van der Waals surface area contributed by atoms with Gasteiger partial charge < -0.3 is 25.0 Å². The van der Waals surface area contributed by atoms with E-state index in [0.29, 0.717) is 26.2 Å². The number of piperidine rings is 1. The molecule has 0 bridgehead atoms. The van der Waals surface area contributed by atoms with Gasteiger partial charge in [-0.2, -0.15) is 18.3 Å². The van der Waals surface area contributed by atoms with Crippen LogP contribution in [0.1, 0.15) is 58.4 Å². The lowest BCUT2D eigenvalue weighted by Gasteiger charge is -2.37. The summed E-state index contributed by atoms with van der Waals surface area (Å²) < 4.78 is 43.8. The van der Waals surface area contributed by atoms with Crippen molar-refractivity contribution in [1.29, 1.82) is 0 Å². The minimum atomic E-state index is -4.67. The zero-order chi connectivity index (χ0) is 31.2. The molecule has 3 fully saturated rings. The summed E-state index contributed by atoms with van der Waals surface area (Å²) in [6.07, 6.45) is 1.07. The van der Waals surface area contributed by atoms with Crippen molar-refractivity contribution in [2.24, 2.45) is 13.0 Å². The van der Waals surface area contributed by atoms with E-state index in [1.54, 1.807) is 4.90 Å². The maximum atomic E-state index is 13.7. The number of halogens is 5. The Kier molecular flexibility index (Phi) is 9.47. The van der Waals surface area contributed by atoms with Crippen molar-refractivity contribution < 1.29 is 27.6 Å². The zero-order valence-corrected chi connectivity index (χ0v) is 26.0. The number of imidazole rings is 1. The lowest BCUT2D eigenvalue weighted by molar-refractivity contribution is -0.141. The summed E-state index contributed by atoms with van der Waals surface area (Å²) in [5.41, 5.74) is -0.529. The summed E-state index contributed by atoms with van der Waals surface area (Å²) in [6.45, 7) is 3.36. The average Bonchev–Trinajstić information content (AvgIpc) is 3.64. The SMILES string of the molecule is Cl.Cn1c(-c2cn(C3CC3)nc2C(F)(F)F)cnc1C(=O)Nc1ccc(C(=O)N2CCN(C(=O)C3CCNCC3)CC2)c(Cl)c1. The normalized spacial score (nSPS) is 17.6. The van der Waals surface area contributed by atoms with E-state index in [0.717, 1.165) is 38.8 Å². The van der Waals surface area contributed by atoms with Gasteiger partial charge in [0.1, 0.15) is 0 Å². The molecule has 2 aliphatic heterocycles. The average molecular weight is 670 g/mol. The van der Waals surface area contributed by atoms with Gasteiger partial charge in [0, 0.05) is 51.0 Å². The van der Waals surface area contributed by atoms with Crippen LogP contribution >= 0.6 is 24.0 Å². The predicted molar refractivity (Wildman–Crippen MR) is 162 cm³/mol. The Balaban J connectivity index is 0.00000400. The van der Waals surface area contributed by atoms with Gasteiger partial charge in [0.2, 0.25) is 5.91 Å². The van der Waals surface area contributed by atoms with Crippen LogP contribution in [-0.2, 0) is 18.0 Å². The molecule has 4 heterocycles. The summed E-state index contributed by atoms with van der Waals surface area (Å²) in [4.78, 5) is 46.7. The number of alkyl halides is 3. The monoisotopic (exact) mass is 668 g/mol. The van der Waals surface area contributed by atoms with E-state index in [9.17, 15) is 27.6 Å². The quantitative estimate of drug-likeness (QED) is 0.406. The molecule has 0 unspecified atom stereocenters. The molecule has 2 aromatic heterocycles. The van der Waals surface area contributed by atoms with Crippen LogP contribution in [0.2, 0.25) is 5.02 Å². The molecule has 16 heteroatoms. The highest BCUT2D eigenvalue weighted by Gasteiger charge is 2.40. The minimum Gasteiger partial charge on any atom is -0.339 e. The lowest BCUT2D eigenvalue weighted by Crippen LogP contribution is -2.52. The number of carbonyl (C=O) groups is 3. The van der Waals surface area contributed by atoms with Crippen LogP contribution in [0.15, 0.2) is 30.6 Å². The van der Waals surface area contributed by atoms with E-state index in [1.807, 2.05) is 4.90 Å². The smallest absolute Gasteiger partial charge is 0.339 e. The number of piperazine rings is 1. The van der Waals surface area contributed by atoms with E-state index in [-0.39, 0.29) is 69.5 Å². The maximum Gasteiger partial charge on any atom is 0.435 e. The first kappa shape index (κ1) is 32.8. The fourth-order valence-corrected chi connectivity index (χ4v) is 6.03. The van der Waals surface area contributed by atoms with Gasteiger partial charge in [0.05, 0.1) is 34.1 Å². The molecule has 3 aliphatic rings. The summed E-state index contributed by atoms with van der Waals surface area (Å²) in [5.74, 6) is -0.878. The van der Waals surface area contributed by atoms with E-state index in [1.165, 1.54) is 46.9 Å². The summed E-state index contributed by atoms with van der Waals surface area (Å²) >= 11 is 6.46. The van der Waals surface area contributed by atoms with Crippen molar-refractivity contribution in [1.82, 2.24) is 34.4 Å². The van der Waals surface area contributed by atoms with Crippen LogP contribution in [0.4, 0.5) is 18.9 Å². The standard InChI is InChI=1S/C29H32ClF3N8O3.ClH/c1-38-23(21-16-41(19-3-4-19)37-24(21)29(31,32)33)15-35-25(38)26(42)36-18-2-5-20(22(30)14-18)28(44)40-12-10-39(11-13-40)27(43)17-6-8-34-9-7-17;/h2,5,14-17,19,34H,3-4,6-13H2,1H3,(H,36,42);1H. The largest absolute Gasteiger partial charge is 0.435 e. The van der Waals surface area contributed by atoms with Gasteiger partial charge in [-0.3, -0.25) is 19.1 Å². The highest BCUT2D eigenvalue weighted by molar-refractivity contribution is 6.34. The van der Waals surface area contributed by atoms with Gasteiger partial charge in [0.25, 0.3) is 11.8 Å². The number of aromatic nitrogens is 4. The molecule has 11 nitrogen and oxygen atoms in total. The van der Waals surface area contributed by atoms with Crippen molar-refractivity contribution in [2.75, 3.05) is 44.6 Å². The van der Waals surface area contributed by atoms with E-state index >= 15 is 0 Å². The summed E-state index contributed by atoms with van der Waals surface area (Å²) in [7, 11) is 1.46. The van der Waals surface area contributed by atoms with Crippen LogP contribution in [-0.4, -0.2) is 86.1 Å². The Morgan fingerprint density at radius 1 is 1.02 bits per heavy atom. The van der Waals surface area contributed by atoms with Gasteiger partial charge in [-0.25, -0.2) is 4.98 Å². The summed E-state index contributed by atoms with van der Waals surface area (Å²) in [6, 6.07) is 4.42. The van der Waals surface area contributed by atoms with Crippen LogP contribution in [0.5, 0.6) is 0 Å². The summed E-state index contributed by atoms with van der Waals surface area (Å²) in [5, 5.41) is 9.81. The highest BCUT2D eigenvalue weighted by Crippen LogP contribution is 2.41. The van der Waals surface area contributed by atoms with Crippen LogP contribution in [0, 0.1) is 5.92 Å². The molecule has 2 N–H and O–H groups in total. The Labute approximate surface area is 268 Å². The molecular weight excluding hydrogens is 636 g/mol. The number of amides is 3. The van der Waals surface area contributed by atoms with Crippen molar-refractivity contribution in [3.8, 4) is 11.3 Å². The number of hydrogen-bond acceptors (Lipinski definition) is 6. The highest BCUT2D eigenvalue weighted by atomic mass is 35.5.